The summed E-state index contributed by atoms with van der Waals surface area (Å²) in [7, 11) is 0. The molecule has 4 heterocycles. The summed E-state index contributed by atoms with van der Waals surface area (Å²) in [5, 5.41) is 6.92. The Kier molecular flexibility index (Phi) is 5.14. The van der Waals surface area contributed by atoms with Crippen molar-refractivity contribution < 1.29 is 14.1 Å². The molecule has 0 bridgehead atoms. The van der Waals surface area contributed by atoms with Crippen molar-refractivity contribution in [2.45, 2.75) is 45.1 Å². The number of rotatable bonds is 5. The van der Waals surface area contributed by atoms with Crippen LogP contribution in [-0.2, 0) is 10.2 Å². The number of carbonyl (C=O) groups excluding carboxylic acids is 1. The zero-order chi connectivity index (χ0) is 20.4. The van der Waals surface area contributed by atoms with Crippen LogP contribution in [0.1, 0.15) is 49.9 Å². The van der Waals surface area contributed by atoms with Crippen molar-refractivity contribution in [2.24, 2.45) is 0 Å². The summed E-state index contributed by atoms with van der Waals surface area (Å²) in [4.78, 5) is 25.4. The van der Waals surface area contributed by atoms with E-state index in [0.717, 1.165) is 25.0 Å². The summed E-state index contributed by atoms with van der Waals surface area (Å²) in [6, 6.07) is 3.62. The van der Waals surface area contributed by atoms with Crippen LogP contribution >= 0.6 is 0 Å². The van der Waals surface area contributed by atoms with Gasteiger partial charge >= 0.3 is 0 Å². The van der Waals surface area contributed by atoms with Crippen molar-refractivity contribution in [3.05, 3.63) is 42.4 Å². The fourth-order valence-electron chi connectivity index (χ4n) is 3.01. The van der Waals surface area contributed by atoms with Gasteiger partial charge in [0.2, 0.25) is 0 Å². The average molecular weight is 396 g/mol. The van der Waals surface area contributed by atoms with Gasteiger partial charge in [-0.3, -0.25) is 9.36 Å². The first-order valence-electron chi connectivity index (χ1n) is 9.65. The number of aromatic nitrogens is 5. The first-order valence-corrected chi connectivity index (χ1v) is 9.65. The molecule has 9 heteroatoms. The molecule has 1 amide bonds. The molecule has 152 valence electrons. The van der Waals surface area contributed by atoms with E-state index in [4.69, 9.17) is 9.26 Å². The average Bonchev–Trinajstić information content (AvgIpc) is 3.47. The topological polar surface area (TPSA) is 108 Å². The van der Waals surface area contributed by atoms with E-state index < -0.39 is 0 Å². The number of ether oxygens (including phenoxy) is 1. The Morgan fingerprint density at radius 2 is 2.21 bits per heavy atom. The van der Waals surface area contributed by atoms with Gasteiger partial charge in [0.1, 0.15) is 17.8 Å². The van der Waals surface area contributed by atoms with Crippen LogP contribution in [0.15, 0.2) is 35.4 Å². The first-order chi connectivity index (χ1) is 13.9. The molecule has 0 aromatic carbocycles. The van der Waals surface area contributed by atoms with Crippen molar-refractivity contribution in [1.82, 2.24) is 30.0 Å². The lowest BCUT2D eigenvalue weighted by Crippen LogP contribution is -2.31. The SMILES string of the molecule is CC(C)(C)c1noc(-c2ccnc(-n3cnc(C(=O)NCC4CCCO4)c3)c2)n1. The zero-order valence-corrected chi connectivity index (χ0v) is 16.8. The van der Waals surface area contributed by atoms with Crippen LogP contribution in [-0.4, -0.2) is 49.8 Å². The van der Waals surface area contributed by atoms with Crippen molar-refractivity contribution >= 4 is 5.91 Å². The Balaban J connectivity index is 1.48. The second kappa shape index (κ2) is 7.75. The smallest absolute Gasteiger partial charge is 0.271 e. The summed E-state index contributed by atoms with van der Waals surface area (Å²) < 4.78 is 12.6. The highest BCUT2D eigenvalue weighted by atomic mass is 16.5. The number of hydrogen-bond acceptors (Lipinski definition) is 7. The van der Waals surface area contributed by atoms with E-state index in [0.29, 0.717) is 29.8 Å². The maximum absolute atomic E-state index is 12.3. The summed E-state index contributed by atoms with van der Waals surface area (Å²) in [6.07, 6.45) is 6.95. The van der Waals surface area contributed by atoms with Gasteiger partial charge in [-0.05, 0) is 25.0 Å². The largest absolute Gasteiger partial charge is 0.376 e. The quantitative estimate of drug-likeness (QED) is 0.706. The van der Waals surface area contributed by atoms with E-state index in [1.807, 2.05) is 26.8 Å². The standard InChI is InChI=1S/C20H24N6O3/c1-20(2,3)19-24-18(29-25-19)13-6-7-21-16(9-13)26-11-15(23-12-26)17(27)22-10-14-5-4-8-28-14/h6-7,9,11-12,14H,4-5,8,10H2,1-3H3,(H,22,27). The lowest BCUT2D eigenvalue weighted by atomic mass is 9.96. The normalized spacial score (nSPS) is 16.9. The number of carbonyl (C=O) groups is 1. The Hall–Kier alpha value is -3.07. The van der Waals surface area contributed by atoms with Crippen molar-refractivity contribution in [1.29, 1.82) is 0 Å². The molecule has 0 spiro atoms. The van der Waals surface area contributed by atoms with Gasteiger partial charge in [-0.15, -0.1) is 0 Å². The highest BCUT2D eigenvalue weighted by Crippen LogP contribution is 2.24. The van der Waals surface area contributed by atoms with Crippen molar-refractivity contribution in [2.75, 3.05) is 13.2 Å². The van der Waals surface area contributed by atoms with E-state index in [9.17, 15) is 4.79 Å². The lowest BCUT2D eigenvalue weighted by Gasteiger charge is -2.10. The fourth-order valence-corrected chi connectivity index (χ4v) is 3.01. The molecule has 4 rings (SSSR count). The van der Waals surface area contributed by atoms with Gasteiger partial charge < -0.3 is 14.6 Å². The van der Waals surface area contributed by atoms with Gasteiger partial charge in [-0.1, -0.05) is 25.9 Å². The van der Waals surface area contributed by atoms with Gasteiger partial charge in [0.05, 0.1) is 6.10 Å². The minimum atomic E-state index is -0.234. The molecule has 3 aromatic heterocycles. The molecule has 0 saturated carbocycles. The number of imidazole rings is 1. The van der Waals surface area contributed by atoms with Crippen LogP contribution in [0.4, 0.5) is 0 Å². The number of amides is 1. The summed E-state index contributed by atoms with van der Waals surface area (Å²) in [5.74, 6) is 1.43. The Morgan fingerprint density at radius 3 is 2.93 bits per heavy atom. The van der Waals surface area contributed by atoms with Crippen LogP contribution < -0.4 is 5.32 Å². The van der Waals surface area contributed by atoms with Gasteiger partial charge in [-0.25, -0.2) is 9.97 Å². The Morgan fingerprint density at radius 1 is 1.34 bits per heavy atom. The molecule has 1 aliphatic heterocycles. The fraction of sp³-hybridized carbons (Fsp3) is 0.450. The monoisotopic (exact) mass is 396 g/mol. The molecule has 1 fully saturated rings. The number of pyridine rings is 1. The summed E-state index contributed by atoms with van der Waals surface area (Å²) >= 11 is 0. The van der Waals surface area contributed by atoms with Crippen LogP contribution in [0.3, 0.4) is 0 Å². The third kappa shape index (κ3) is 4.34. The minimum absolute atomic E-state index is 0.0896. The molecular weight excluding hydrogens is 372 g/mol. The van der Waals surface area contributed by atoms with E-state index in [2.05, 4.69) is 25.4 Å². The molecule has 1 saturated heterocycles. The first kappa shape index (κ1) is 19.3. The molecule has 1 unspecified atom stereocenters. The van der Waals surface area contributed by atoms with E-state index in [-0.39, 0.29) is 17.4 Å². The molecule has 3 aromatic rings. The molecule has 9 nitrogen and oxygen atoms in total. The molecule has 0 aliphatic carbocycles. The van der Waals surface area contributed by atoms with Gasteiger partial charge in [-0.2, -0.15) is 4.98 Å². The third-order valence-electron chi connectivity index (χ3n) is 4.68. The zero-order valence-electron chi connectivity index (χ0n) is 16.8. The predicted molar refractivity (Wildman–Crippen MR) is 105 cm³/mol. The van der Waals surface area contributed by atoms with Gasteiger partial charge in [0.25, 0.3) is 11.8 Å². The molecule has 29 heavy (non-hydrogen) atoms. The highest BCUT2D eigenvalue weighted by Gasteiger charge is 2.22. The molecule has 1 atom stereocenters. The van der Waals surface area contributed by atoms with Gasteiger partial charge in [0, 0.05) is 36.5 Å². The van der Waals surface area contributed by atoms with E-state index in [1.165, 1.54) is 0 Å². The second-order valence-electron chi connectivity index (χ2n) is 8.09. The highest BCUT2D eigenvalue weighted by molar-refractivity contribution is 5.92. The van der Waals surface area contributed by atoms with Crippen LogP contribution in [0, 0.1) is 0 Å². The minimum Gasteiger partial charge on any atom is -0.376 e. The number of hydrogen-bond donors (Lipinski definition) is 1. The molecule has 0 radical (unpaired) electrons. The van der Waals surface area contributed by atoms with Crippen molar-refractivity contribution in [3.8, 4) is 17.3 Å². The van der Waals surface area contributed by atoms with Gasteiger partial charge in [0.15, 0.2) is 5.82 Å². The predicted octanol–water partition coefficient (Wildman–Crippen LogP) is 2.52. The third-order valence-corrected chi connectivity index (χ3v) is 4.68. The summed E-state index contributed by atoms with van der Waals surface area (Å²) in [6.45, 7) is 7.32. The van der Waals surface area contributed by atoms with Crippen LogP contribution in [0.5, 0.6) is 0 Å². The van der Waals surface area contributed by atoms with Crippen LogP contribution in [0.25, 0.3) is 17.3 Å². The second-order valence-corrected chi connectivity index (χ2v) is 8.09. The number of nitrogens with one attached hydrogen (secondary N) is 1. The van der Waals surface area contributed by atoms with E-state index in [1.54, 1.807) is 29.4 Å². The molecular formula is C20H24N6O3. The maximum Gasteiger partial charge on any atom is 0.271 e. The Labute approximate surface area is 168 Å². The number of nitrogens with zero attached hydrogens (tertiary/aromatic N) is 5. The lowest BCUT2D eigenvalue weighted by molar-refractivity contribution is 0.0854. The van der Waals surface area contributed by atoms with Crippen molar-refractivity contribution in [3.63, 3.8) is 0 Å². The van der Waals surface area contributed by atoms with E-state index >= 15 is 0 Å². The molecule has 1 aliphatic rings. The van der Waals surface area contributed by atoms with Crippen LogP contribution in [0.2, 0.25) is 0 Å². The maximum atomic E-state index is 12.3. The summed E-state index contributed by atoms with van der Waals surface area (Å²) in [5.41, 5.74) is 0.868. The Bertz CT molecular complexity index is 998. The molecule has 1 N–H and O–H groups in total.